The van der Waals surface area contributed by atoms with Crippen LogP contribution < -0.4 is 0 Å². The van der Waals surface area contributed by atoms with E-state index in [0.717, 1.165) is 12.1 Å². The van der Waals surface area contributed by atoms with Crippen molar-refractivity contribution in [3.05, 3.63) is 35.9 Å². The van der Waals surface area contributed by atoms with Gasteiger partial charge in [0.1, 0.15) is 0 Å². The van der Waals surface area contributed by atoms with Crippen molar-refractivity contribution >= 4 is 0 Å². The Labute approximate surface area is 112 Å². The molecule has 1 aromatic carbocycles. The number of hydrogen-bond acceptors (Lipinski definition) is 2. The molecule has 0 saturated heterocycles. The molecule has 0 bridgehead atoms. The summed E-state index contributed by atoms with van der Waals surface area (Å²) in [4.78, 5) is 2.37. The van der Waals surface area contributed by atoms with E-state index in [1.54, 1.807) is 0 Å². The lowest BCUT2D eigenvalue weighted by Gasteiger charge is -2.30. The summed E-state index contributed by atoms with van der Waals surface area (Å²) in [5.41, 5.74) is 1.02. The maximum Gasteiger partial charge on any atom is 0.0827 e. The molecule has 2 unspecified atom stereocenters. The Bertz CT molecular complexity index is 321. The fourth-order valence-electron chi connectivity index (χ4n) is 2.59. The van der Waals surface area contributed by atoms with Crippen molar-refractivity contribution < 1.29 is 5.11 Å². The van der Waals surface area contributed by atoms with Crippen LogP contribution in [0, 0.1) is 5.92 Å². The average molecular weight is 249 g/mol. The van der Waals surface area contributed by atoms with Gasteiger partial charge in [0.15, 0.2) is 0 Å². The van der Waals surface area contributed by atoms with E-state index in [2.05, 4.69) is 32.7 Å². The van der Waals surface area contributed by atoms with Gasteiger partial charge in [-0.3, -0.25) is 0 Å². The minimum atomic E-state index is -0.372. The Morgan fingerprint density at radius 1 is 1.11 bits per heavy atom. The number of benzene rings is 1. The van der Waals surface area contributed by atoms with Gasteiger partial charge in [0, 0.05) is 12.6 Å². The van der Waals surface area contributed by atoms with Gasteiger partial charge in [-0.25, -0.2) is 0 Å². The van der Waals surface area contributed by atoms with Crippen LogP contribution in [0.15, 0.2) is 30.3 Å². The van der Waals surface area contributed by atoms with Gasteiger partial charge in [0.25, 0.3) is 0 Å². The summed E-state index contributed by atoms with van der Waals surface area (Å²) >= 11 is 0. The molecule has 1 aromatic rings. The van der Waals surface area contributed by atoms with Crippen molar-refractivity contribution in [3.8, 4) is 0 Å². The maximum absolute atomic E-state index is 10.3. The van der Waals surface area contributed by atoms with Gasteiger partial charge < -0.3 is 10.0 Å². The molecule has 0 heterocycles. The molecule has 0 aromatic heterocycles. The molecule has 18 heavy (non-hydrogen) atoms. The Balaban J connectivity index is 2.57. The molecule has 2 atom stereocenters. The monoisotopic (exact) mass is 249 g/mol. The molecule has 0 aliphatic rings. The van der Waals surface area contributed by atoms with Crippen LogP contribution in [0.1, 0.15) is 45.3 Å². The standard InChI is InChI=1S/C16H27NO/c1-5-15(6-2)17(4)12-13(3)16(18)14-10-8-7-9-11-14/h7-11,13,15-16,18H,5-6,12H2,1-4H3. The van der Waals surface area contributed by atoms with E-state index in [0.29, 0.717) is 6.04 Å². The lowest BCUT2D eigenvalue weighted by Crippen LogP contribution is -2.35. The van der Waals surface area contributed by atoms with E-state index >= 15 is 0 Å². The van der Waals surface area contributed by atoms with Gasteiger partial charge in [-0.05, 0) is 31.4 Å². The zero-order valence-electron chi connectivity index (χ0n) is 12.1. The highest BCUT2D eigenvalue weighted by atomic mass is 16.3. The largest absolute Gasteiger partial charge is 0.388 e. The van der Waals surface area contributed by atoms with Crippen molar-refractivity contribution in [2.24, 2.45) is 5.92 Å². The van der Waals surface area contributed by atoms with Crippen LogP contribution in [0.25, 0.3) is 0 Å². The molecule has 1 rings (SSSR count). The Hall–Kier alpha value is -0.860. The normalized spacial score (nSPS) is 15.1. The highest BCUT2D eigenvalue weighted by Gasteiger charge is 2.20. The Morgan fingerprint density at radius 2 is 1.67 bits per heavy atom. The van der Waals surface area contributed by atoms with Crippen molar-refractivity contribution in [1.29, 1.82) is 0 Å². The van der Waals surface area contributed by atoms with E-state index in [1.165, 1.54) is 12.8 Å². The highest BCUT2D eigenvalue weighted by molar-refractivity contribution is 5.17. The Morgan fingerprint density at radius 3 is 2.17 bits per heavy atom. The summed E-state index contributed by atoms with van der Waals surface area (Å²) < 4.78 is 0. The van der Waals surface area contributed by atoms with Crippen LogP contribution >= 0.6 is 0 Å². The van der Waals surface area contributed by atoms with Gasteiger partial charge in [-0.15, -0.1) is 0 Å². The molecule has 2 nitrogen and oxygen atoms in total. The third-order valence-electron chi connectivity index (χ3n) is 3.82. The zero-order valence-corrected chi connectivity index (χ0v) is 12.1. The third kappa shape index (κ3) is 4.11. The van der Waals surface area contributed by atoms with E-state index in [1.807, 2.05) is 30.3 Å². The van der Waals surface area contributed by atoms with E-state index in [-0.39, 0.29) is 12.0 Å². The van der Waals surface area contributed by atoms with Crippen LogP contribution in [0.3, 0.4) is 0 Å². The molecule has 0 spiro atoms. The summed E-state index contributed by atoms with van der Waals surface area (Å²) in [7, 11) is 2.16. The third-order valence-corrected chi connectivity index (χ3v) is 3.82. The SMILES string of the molecule is CCC(CC)N(C)CC(C)C(O)c1ccccc1. The molecule has 0 aliphatic carbocycles. The lowest BCUT2D eigenvalue weighted by molar-refractivity contribution is 0.0819. The predicted octanol–water partition coefficient (Wildman–Crippen LogP) is 3.48. The van der Waals surface area contributed by atoms with Crippen molar-refractivity contribution in [2.75, 3.05) is 13.6 Å². The minimum absolute atomic E-state index is 0.248. The molecule has 0 aliphatic heterocycles. The first-order chi connectivity index (χ1) is 8.60. The van der Waals surface area contributed by atoms with Gasteiger partial charge in [-0.2, -0.15) is 0 Å². The second-order valence-electron chi connectivity index (χ2n) is 5.24. The number of hydrogen-bond donors (Lipinski definition) is 1. The topological polar surface area (TPSA) is 23.5 Å². The fourth-order valence-corrected chi connectivity index (χ4v) is 2.59. The second-order valence-corrected chi connectivity index (χ2v) is 5.24. The number of nitrogens with zero attached hydrogens (tertiary/aromatic N) is 1. The quantitative estimate of drug-likeness (QED) is 0.799. The van der Waals surface area contributed by atoms with Crippen molar-refractivity contribution in [3.63, 3.8) is 0 Å². The molecule has 0 radical (unpaired) electrons. The second kappa shape index (κ2) is 7.55. The van der Waals surface area contributed by atoms with E-state index < -0.39 is 0 Å². The first-order valence-corrected chi connectivity index (χ1v) is 7.03. The highest BCUT2D eigenvalue weighted by Crippen LogP contribution is 2.23. The van der Waals surface area contributed by atoms with Crippen LogP contribution in [-0.2, 0) is 0 Å². The number of rotatable bonds is 7. The molecule has 1 N–H and O–H groups in total. The smallest absolute Gasteiger partial charge is 0.0827 e. The molecule has 0 saturated carbocycles. The summed E-state index contributed by atoms with van der Waals surface area (Å²) in [6.45, 7) is 7.50. The molecule has 102 valence electrons. The average Bonchev–Trinajstić information content (AvgIpc) is 2.40. The summed E-state index contributed by atoms with van der Waals surface area (Å²) in [5, 5.41) is 10.3. The molecular weight excluding hydrogens is 222 g/mol. The van der Waals surface area contributed by atoms with Gasteiger partial charge in [0.2, 0.25) is 0 Å². The molecular formula is C16H27NO. The molecule has 2 heteroatoms. The fraction of sp³-hybridized carbons (Fsp3) is 0.625. The predicted molar refractivity (Wildman–Crippen MR) is 77.6 cm³/mol. The van der Waals surface area contributed by atoms with Crippen molar-refractivity contribution in [1.82, 2.24) is 4.90 Å². The molecule has 0 amide bonds. The maximum atomic E-state index is 10.3. The molecule has 0 fully saturated rings. The van der Waals surface area contributed by atoms with Crippen molar-refractivity contribution in [2.45, 2.75) is 45.8 Å². The number of aliphatic hydroxyl groups excluding tert-OH is 1. The van der Waals surface area contributed by atoms with E-state index in [9.17, 15) is 5.11 Å². The summed E-state index contributed by atoms with van der Waals surface area (Å²) in [6.07, 6.45) is 1.96. The van der Waals surface area contributed by atoms with Crippen LogP contribution in [-0.4, -0.2) is 29.6 Å². The van der Waals surface area contributed by atoms with Gasteiger partial charge >= 0.3 is 0 Å². The summed E-state index contributed by atoms with van der Waals surface area (Å²) in [5.74, 6) is 0.248. The first kappa shape index (κ1) is 15.2. The Kier molecular flexibility index (Phi) is 6.37. The number of aliphatic hydroxyl groups is 1. The van der Waals surface area contributed by atoms with Gasteiger partial charge in [0.05, 0.1) is 6.10 Å². The lowest BCUT2D eigenvalue weighted by atomic mass is 9.96. The summed E-state index contributed by atoms with van der Waals surface area (Å²) in [6, 6.07) is 10.6. The van der Waals surface area contributed by atoms with E-state index in [4.69, 9.17) is 0 Å². The van der Waals surface area contributed by atoms with Gasteiger partial charge in [-0.1, -0.05) is 51.1 Å². The van der Waals surface area contributed by atoms with Crippen LogP contribution in [0.2, 0.25) is 0 Å². The van der Waals surface area contributed by atoms with Crippen LogP contribution in [0.5, 0.6) is 0 Å². The zero-order chi connectivity index (χ0) is 13.5. The first-order valence-electron chi connectivity index (χ1n) is 7.03. The minimum Gasteiger partial charge on any atom is -0.388 e. The van der Waals surface area contributed by atoms with Crippen LogP contribution in [0.4, 0.5) is 0 Å².